The monoisotopic (exact) mass is 501 g/mol. The van der Waals surface area contributed by atoms with E-state index >= 15 is 4.39 Å². The number of halogens is 1. The van der Waals surface area contributed by atoms with E-state index in [1.807, 2.05) is 4.90 Å². The van der Waals surface area contributed by atoms with Crippen molar-refractivity contribution in [1.82, 2.24) is 9.80 Å². The summed E-state index contributed by atoms with van der Waals surface area (Å²) in [5.74, 6) is -12.1. The number of Topliss-reactive ketones (excluding diaryl/α,β-unsaturated/α-hetero) is 4. The largest absolute Gasteiger partial charge is 0.507 e. The van der Waals surface area contributed by atoms with Crippen LogP contribution in [0.3, 0.4) is 0 Å². The number of hydrogen-bond acceptors (Lipinski definition) is 9. The van der Waals surface area contributed by atoms with Gasteiger partial charge in [-0.05, 0) is 58.4 Å². The first-order valence-electron chi connectivity index (χ1n) is 12.0. The molecule has 4 N–H and O–H groups in total. The third-order valence-electron chi connectivity index (χ3n) is 8.41. The Morgan fingerprint density at radius 2 is 1.89 bits per heavy atom. The molecule has 3 fully saturated rings. The Morgan fingerprint density at radius 3 is 2.44 bits per heavy atom. The van der Waals surface area contributed by atoms with Crippen LogP contribution in [-0.4, -0.2) is 87.9 Å². The maximum Gasteiger partial charge on any atom is 0.235 e. The van der Waals surface area contributed by atoms with Crippen molar-refractivity contribution in [2.24, 2.45) is 29.4 Å². The lowest BCUT2D eigenvalue weighted by Gasteiger charge is -2.52. The highest BCUT2D eigenvalue weighted by molar-refractivity contribution is 6.32. The van der Waals surface area contributed by atoms with E-state index in [2.05, 4.69) is 0 Å². The highest BCUT2D eigenvalue weighted by Gasteiger charge is 2.69. The molecule has 2 saturated carbocycles. The average Bonchev–Trinajstić information content (AvgIpc) is 2.75. The quantitative estimate of drug-likeness (QED) is 0.450. The number of phenols is 1. The van der Waals surface area contributed by atoms with E-state index in [1.54, 1.807) is 0 Å². The van der Waals surface area contributed by atoms with Gasteiger partial charge in [-0.1, -0.05) is 0 Å². The number of rotatable bonds is 4. The molecular weight excluding hydrogens is 473 g/mol. The van der Waals surface area contributed by atoms with Crippen LogP contribution >= 0.6 is 0 Å². The molecule has 0 aromatic heterocycles. The summed E-state index contributed by atoms with van der Waals surface area (Å²) in [7, 11) is 3.02. The van der Waals surface area contributed by atoms with Crippen LogP contribution in [0.2, 0.25) is 0 Å². The van der Waals surface area contributed by atoms with Crippen molar-refractivity contribution in [1.29, 1.82) is 0 Å². The van der Waals surface area contributed by atoms with Crippen molar-refractivity contribution in [3.8, 4) is 5.75 Å². The number of hydrogen-bond donors (Lipinski definition) is 3. The summed E-state index contributed by atoms with van der Waals surface area (Å²) in [5, 5.41) is 22.2. The molecule has 36 heavy (non-hydrogen) atoms. The van der Waals surface area contributed by atoms with Gasteiger partial charge in [0.05, 0.1) is 17.5 Å². The summed E-state index contributed by atoms with van der Waals surface area (Å²) in [6.07, 6.45) is 0.799. The van der Waals surface area contributed by atoms with Gasteiger partial charge < -0.3 is 15.9 Å². The number of aliphatic hydroxyl groups is 1. The first kappa shape index (κ1) is 24.7. The minimum absolute atomic E-state index is 0.000101. The number of carbonyl (C=O) groups is 5. The number of primary amides is 1. The lowest BCUT2D eigenvalue weighted by Crippen LogP contribution is -2.74. The van der Waals surface area contributed by atoms with Crippen LogP contribution in [0.5, 0.6) is 5.75 Å². The number of carbonyl (C=O) groups excluding carboxylic acids is 5. The molecule has 1 aromatic carbocycles. The molecular formula is C25H28FN3O7. The summed E-state index contributed by atoms with van der Waals surface area (Å²) in [5.41, 5.74) is 2.42. The first-order valence-corrected chi connectivity index (χ1v) is 12.0. The van der Waals surface area contributed by atoms with Crippen molar-refractivity contribution in [2.45, 2.75) is 37.5 Å². The van der Waals surface area contributed by atoms with Crippen molar-refractivity contribution in [3.63, 3.8) is 0 Å². The van der Waals surface area contributed by atoms with E-state index in [9.17, 15) is 34.2 Å². The molecule has 0 spiro atoms. The number of benzene rings is 1. The van der Waals surface area contributed by atoms with Gasteiger partial charge in [0.2, 0.25) is 5.91 Å². The van der Waals surface area contributed by atoms with E-state index in [1.165, 1.54) is 25.1 Å². The molecule has 1 aliphatic heterocycles. The summed E-state index contributed by atoms with van der Waals surface area (Å²) >= 11 is 0. The minimum atomic E-state index is -2.79. The van der Waals surface area contributed by atoms with Gasteiger partial charge in [-0.2, -0.15) is 0 Å². The molecule has 11 heteroatoms. The van der Waals surface area contributed by atoms with Gasteiger partial charge in [0.1, 0.15) is 11.6 Å². The zero-order valence-electron chi connectivity index (χ0n) is 20.0. The fraction of sp³-hybridized carbons (Fsp3) is 0.560. The van der Waals surface area contributed by atoms with Crippen LogP contribution in [0.1, 0.15) is 34.3 Å². The lowest BCUT2D eigenvalue weighted by atomic mass is 9.52. The number of ketones is 4. The van der Waals surface area contributed by atoms with Crippen LogP contribution in [0.4, 0.5) is 4.39 Å². The van der Waals surface area contributed by atoms with E-state index in [4.69, 9.17) is 5.73 Å². The SMILES string of the molecule is CN(C)[C@@H]1C(=O)C(C(N)=O)C(=O)[C@@]2(O)C(=O)C3C(=O)c4c(O)cc(CN5CCC5)c(F)c4C[C@H]3C[C@@H]12. The summed E-state index contributed by atoms with van der Waals surface area (Å²) in [4.78, 5) is 68.9. The number of likely N-dealkylation sites (tertiary alicyclic amines) is 1. The van der Waals surface area contributed by atoms with Crippen LogP contribution < -0.4 is 5.73 Å². The fourth-order valence-electron chi connectivity index (χ4n) is 6.60. The second-order valence-corrected chi connectivity index (χ2v) is 10.6. The van der Waals surface area contributed by atoms with Crippen LogP contribution in [0, 0.1) is 29.5 Å². The summed E-state index contributed by atoms with van der Waals surface area (Å²) < 4.78 is 15.6. The van der Waals surface area contributed by atoms with Crippen molar-refractivity contribution in [3.05, 3.63) is 28.6 Å². The first-order chi connectivity index (χ1) is 16.9. The molecule has 1 amide bonds. The average molecular weight is 502 g/mol. The molecule has 10 nitrogen and oxygen atoms in total. The summed E-state index contributed by atoms with van der Waals surface area (Å²) in [6, 6.07) is -0.00637. The Kier molecular flexibility index (Phi) is 5.66. The molecule has 5 rings (SSSR count). The number of amides is 1. The van der Waals surface area contributed by atoms with E-state index in [-0.39, 0.29) is 36.1 Å². The molecule has 6 atom stereocenters. The Labute approximate surface area is 206 Å². The molecule has 192 valence electrons. The van der Waals surface area contributed by atoms with E-state index < -0.39 is 75.9 Å². The van der Waals surface area contributed by atoms with E-state index in [0.717, 1.165) is 19.5 Å². The molecule has 1 aromatic rings. The van der Waals surface area contributed by atoms with Gasteiger partial charge in [0.25, 0.3) is 0 Å². The van der Waals surface area contributed by atoms with Crippen LogP contribution in [-0.2, 0) is 32.1 Å². The van der Waals surface area contributed by atoms with Crippen LogP contribution in [0.15, 0.2) is 6.07 Å². The highest BCUT2D eigenvalue weighted by atomic mass is 19.1. The van der Waals surface area contributed by atoms with E-state index in [0.29, 0.717) is 0 Å². The summed E-state index contributed by atoms with van der Waals surface area (Å²) in [6.45, 7) is 1.88. The van der Waals surface area contributed by atoms with Gasteiger partial charge in [-0.25, -0.2) is 4.39 Å². The number of aromatic hydroxyl groups is 1. The molecule has 1 heterocycles. The van der Waals surface area contributed by atoms with Crippen LogP contribution in [0.25, 0.3) is 0 Å². The lowest BCUT2D eigenvalue weighted by molar-refractivity contribution is -0.181. The maximum absolute atomic E-state index is 15.6. The second-order valence-electron chi connectivity index (χ2n) is 10.6. The number of nitrogens with zero attached hydrogens (tertiary/aromatic N) is 2. The number of fused-ring (bicyclic) bond motifs is 3. The zero-order chi connectivity index (χ0) is 26.3. The molecule has 3 aliphatic carbocycles. The second kappa shape index (κ2) is 8.25. The number of nitrogens with two attached hydrogens (primary N) is 1. The Morgan fingerprint density at radius 1 is 1.22 bits per heavy atom. The third kappa shape index (κ3) is 3.22. The van der Waals surface area contributed by atoms with Crippen molar-refractivity contribution < 1.29 is 38.6 Å². The standard InChI is InChI=1S/C25H28FN3O7/c1-28(2)19-13-7-10-6-12-16(14(30)8-11(18(12)26)9-29-4-3-5-29)20(31)15(10)22(33)25(13,36)23(34)17(21(19)32)24(27)35/h8,10,13,15,17,19,30,36H,3-7,9H2,1-2H3,(H2,27,35)/t10-,13-,15?,17?,19-,25-/m0/s1. The van der Waals surface area contributed by atoms with Crippen molar-refractivity contribution in [2.75, 3.05) is 27.2 Å². The highest BCUT2D eigenvalue weighted by Crippen LogP contribution is 2.51. The van der Waals surface area contributed by atoms with Gasteiger partial charge in [-0.3, -0.25) is 33.8 Å². The normalized spacial score (nSPS) is 34.2. The Bertz CT molecular complexity index is 1230. The minimum Gasteiger partial charge on any atom is -0.507 e. The molecule has 4 aliphatic rings. The third-order valence-corrected chi connectivity index (χ3v) is 8.41. The van der Waals surface area contributed by atoms with Crippen molar-refractivity contribution >= 4 is 29.0 Å². The van der Waals surface area contributed by atoms with Gasteiger partial charge in [0.15, 0.2) is 34.7 Å². The van der Waals surface area contributed by atoms with Gasteiger partial charge in [-0.15, -0.1) is 0 Å². The predicted molar refractivity (Wildman–Crippen MR) is 121 cm³/mol. The predicted octanol–water partition coefficient (Wildman–Crippen LogP) is -0.788. The zero-order valence-corrected chi connectivity index (χ0v) is 20.0. The molecule has 2 unspecified atom stereocenters. The molecule has 0 radical (unpaired) electrons. The number of likely N-dealkylation sites (N-methyl/N-ethyl adjacent to an activating group) is 1. The molecule has 1 saturated heterocycles. The Hall–Kier alpha value is -3.02. The number of phenolic OH excluding ortho intramolecular Hbond substituents is 1. The van der Waals surface area contributed by atoms with Gasteiger partial charge >= 0.3 is 0 Å². The Balaban J connectivity index is 1.60. The maximum atomic E-state index is 15.6. The fourth-order valence-corrected chi connectivity index (χ4v) is 6.60. The smallest absolute Gasteiger partial charge is 0.235 e. The molecule has 0 bridgehead atoms. The van der Waals surface area contributed by atoms with Gasteiger partial charge in [0, 0.05) is 23.6 Å². The topological polar surface area (TPSA) is 158 Å².